The van der Waals surface area contributed by atoms with Crippen molar-refractivity contribution in [1.29, 1.82) is 0 Å². The molecular weight excluding hydrogens is 392 g/mol. The van der Waals surface area contributed by atoms with E-state index in [0.29, 0.717) is 52.9 Å². The van der Waals surface area contributed by atoms with Gasteiger partial charge in [-0.3, -0.25) is 14.5 Å². The van der Waals surface area contributed by atoms with Crippen LogP contribution < -0.4 is 15.6 Å². The second-order valence-corrected chi connectivity index (χ2v) is 6.89. The minimum atomic E-state index is -0.229. The second kappa shape index (κ2) is 9.54. The molecule has 0 radical (unpaired) electrons. The summed E-state index contributed by atoms with van der Waals surface area (Å²) >= 11 is 6.01. The third kappa shape index (κ3) is 5.34. The average Bonchev–Trinajstić information content (AvgIpc) is 2.68. The summed E-state index contributed by atoms with van der Waals surface area (Å²) in [7, 11) is 0. The van der Waals surface area contributed by atoms with E-state index in [4.69, 9.17) is 16.3 Å². The second-order valence-electron chi connectivity index (χ2n) is 6.45. The number of carbonyl (C=O) groups excluding carboxylic acids is 1. The molecule has 3 aromatic rings. The zero-order valence-electron chi connectivity index (χ0n) is 16.4. The molecule has 8 heteroatoms. The number of likely N-dealkylation sites (N-methyl/N-ethyl adjacent to an activating group) is 1. The fourth-order valence-electron chi connectivity index (χ4n) is 2.97. The Morgan fingerprint density at radius 1 is 1.24 bits per heavy atom. The molecule has 1 amide bonds. The molecule has 0 bridgehead atoms. The molecule has 0 fully saturated rings. The number of H-pyrrole nitrogens is 1. The van der Waals surface area contributed by atoms with Crippen molar-refractivity contribution in [2.45, 2.75) is 20.4 Å². The number of ether oxygens (including phenoxy) is 1. The molecule has 0 saturated heterocycles. The monoisotopic (exact) mass is 414 g/mol. The molecule has 1 heterocycles. The fraction of sp³-hybridized carbons (Fsp3) is 0.286. The van der Waals surface area contributed by atoms with Gasteiger partial charge < -0.3 is 15.0 Å². The van der Waals surface area contributed by atoms with E-state index in [9.17, 15) is 9.59 Å². The van der Waals surface area contributed by atoms with E-state index in [2.05, 4.69) is 15.3 Å². The van der Waals surface area contributed by atoms with Gasteiger partial charge >= 0.3 is 0 Å². The van der Waals surface area contributed by atoms with Gasteiger partial charge in [-0.2, -0.15) is 0 Å². The Morgan fingerprint density at radius 2 is 2.03 bits per heavy atom. The number of halogens is 1. The highest BCUT2D eigenvalue weighted by Crippen LogP contribution is 2.23. The molecule has 0 aliphatic carbocycles. The first-order valence-corrected chi connectivity index (χ1v) is 9.80. The van der Waals surface area contributed by atoms with Gasteiger partial charge in [-0.05, 0) is 43.8 Å². The van der Waals surface area contributed by atoms with Crippen molar-refractivity contribution >= 4 is 34.1 Å². The van der Waals surface area contributed by atoms with Crippen LogP contribution >= 0.6 is 11.6 Å². The molecule has 0 atom stereocenters. The number of hydrogen-bond acceptors (Lipinski definition) is 5. The Hall–Kier alpha value is -2.90. The largest absolute Gasteiger partial charge is 0.492 e. The standard InChI is InChI=1S/C21H23ClN4O3/c1-3-26(13-20(27)24-16-7-5-6-8-18(16)29-4-2)12-19-23-17-11-14(22)9-10-15(17)21(28)25-19/h5-11H,3-4,12-13H2,1-2H3,(H,24,27)(H,23,25,28). The summed E-state index contributed by atoms with van der Waals surface area (Å²) < 4.78 is 5.54. The van der Waals surface area contributed by atoms with Crippen LogP contribution in [-0.2, 0) is 11.3 Å². The lowest BCUT2D eigenvalue weighted by Crippen LogP contribution is -2.34. The third-order valence-electron chi connectivity index (χ3n) is 4.37. The molecule has 29 heavy (non-hydrogen) atoms. The van der Waals surface area contributed by atoms with Gasteiger partial charge in [-0.15, -0.1) is 0 Å². The molecule has 7 nitrogen and oxygen atoms in total. The summed E-state index contributed by atoms with van der Waals surface area (Å²) in [5, 5.41) is 3.87. The van der Waals surface area contributed by atoms with Crippen molar-refractivity contribution in [2.75, 3.05) is 25.0 Å². The number of nitrogens with one attached hydrogen (secondary N) is 2. The molecule has 152 valence electrons. The third-order valence-corrected chi connectivity index (χ3v) is 4.60. The molecule has 2 aromatic carbocycles. The van der Waals surface area contributed by atoms with Gasteiger partial charge in [0.1, 0.15) is 11.6 Å². The van der Waals surface area contributed by atoms with E-state index in [1.807, 2.05) is 36.9 Å². The number of fused-ring (bicyclic) bond motifs is 1. The topological polar surface area (TPSA) is 87.3 Å². The lowest BCUT2D eigenvalue weighted by Gasteiger charge is -2.20. The minimum Gasteiger partial charge on any atom is -0.492 e. The van der Waals surface area contributed by atoms with E-state index in [1.54, 1.807) is 24.3 Å². The van der Waals surface area contributed by atoms with Crippen molar-refractivity contribution in [3.63, 3.8) is 0 Å². The number of para-hydroxylation sites is 2. The number of benzene rings is 2. The first kappa shape index (κ1) is 20.8. The number of aromatic nitrogens is 2. The molecule has 0 aliphatic heterocycles. The highest BCUT2D eigenvalue weighted by atomic mass is 35.5. The smallest absolute Gasteiger partial charge is 0.258 e. The lowest BCUT2D eigenvalue weighted by molar-refractivity contribution is -0.117. The van der Waals surface area contributed by atoms with Crippen LogP contribution in [-0.4, -0.2) is 40.5 Å². The molecule has 0 saturated carbocycles. The summed E-state index contributed by atoms with van der Waals surface area (Å²) in [6.45, 7) is 5.43. The minimum absolute atomic E-state index is 0.147. The highest BCUT2D eigenvalue weighted by Gasteiger charge is 2.14. The van der Waals surface area contributed by atoms with E-state index in [1.165, 1.54) is 0 Å². The van der Waals surface area contributed by atoms with Crippen LogP contribution in [0.3, 0.4) is 0 Å². The van der Waals surface area contributed by atoms with Crippen molar-refractivity contribution < 1.29 is 9.53 Å². The summed E-state index contributed by atoms with van der Waals surface area (Å²) in [5.41, 5.74) is 0.928. The van der Waals surface area contributed by atoms with Crippen LogP contribution in [0.4, 0.5) is 5.69 Å². The van der Waals surface area contributed by atoms with Gasteiger partial charge in [0.15, 0.2) is 0 Å². The first-order chi connectivity index (χ1) is 14.0. The fourth-order valence-corrected chi connectivity index (χ4v) is 3.14. The number of rotatable bonds is 8. The predicted octanol–water partition coefficient (Wildman–Crippen LogP) is 3.44. The number of anilines is 1. The van der Waals surface area contributed by atoms with Crippen molar-refractivity contribution in [1.82, 2.24) is 14.9 Å². The quantitative estimate of drug-likeness (QED) is 0.589. The molecule has 1 aromatic heterocycles. The van der Waals surface area contributed by atoms with Gasteiger partial charge in [0.2, 0.25) is 5.91 Å². The maximum Gasteiger partial charge on any atom is 0.258 e. The van der Waals surface area contributed by atoms with E-state index >= 15 is 0 Å². The molecule has 2 N–H and O–H groups in total. The Balaban J connectivity index is 1.71. The van der Waals surface area contributed by atoms with Crippen LogP contribution in [0.25, 0.3) is 10.9 Å². The van der Waals surface area contributed by atoms with Crippen LogP contribution in [0.15, 0.2) is 47.3 Å². The molecule has 0 spiro atoms. The number of hydrogen-bond donors (Lipinski definition) is 2. The Bertz CT molecular complexity index is 1070. The normalized spacial score (nSPS) is 11.0. The zero-order valence-corrected chi connectivity index (χ0v) is 17.1. The van der Waals surface area contributed by atoms with Gasteiger partial charge in [0.25, 0.3) is 5.56 Å². The average molecular weight is 415 g/mol. The molecule has 0 unspecified atom stereocenters. The number of amides is 1. The SMILES string of the molecule is CCOc1ccccc1NC(=O)CN(CC)Cc1nc2cc(Cl)ccc2c(=O)[nH]1. The Labute approximate surface area is 173 Å². The lowest BCUT2D eigenvalue weighted by atomic mass is 10.2. The van der Waals surface area contributed by atoms with E-state index in [-0.39, 0.29) is 18.0 Å². The van der Waals surface area contributed by atoms with Crippen LogP contribution in [0.1, 0.15) is 19.7 Å². The molecule has 0 aliphatic rings. The van der Waals surface area contributed by atoms with Gasteiger partial charge in [0, 0.05) is 5.02 Å². The van der Waals surface area contributed by atoms with Crippen LogP contribution in [0.5, 0.6) is 5.75 Å². The summed E-state index contributed by atoms with van der Waals surface area (Å²) in [5.74, 6) is 0.933. The summed E-state index contributed by atoms with van der Waals surface area (Å²) in [6, 6.07) is 12.3. The summed E-state index contributed by atoms with van der Waals surface area (Å²) in [4.78, 5) is 34.0. The maximum atomic E-state index is 12.5. The first-order valence-electron chi connectivity index (χ1n) is 9.42. The Kier molecular flexibility index (Phi) is 6.85. The highest BCUT2D eigenvalue weighted by molar-refractivity contribution is 6.31. The van der Waals surface area contributed by atoms with Gasteiger partial charge in [-0.1, -0.05) is 30.7 Å². The number of carbonyl (C=O) groups is 1. The molecule has 3 rings (SSSR count). The zero-order chi connectivity index (χ0) is 20.8. The van der Waals surface area contributed by atoms with Crippen molar-refractivity contribution in [3.05, 3.63) is 63.7 Å². The van der Waals surface area contributed by atoms with Crippen LogP contribution in [0, 0.1) is 0 Å². The maximum absolute atomic E-state index is 12.5. The van der Waals surface area contributed by atoms with Crippen molar-refractivity contribution in [3.8, 4) is 5.75 Å². The summed E-state index contributed by atoms with van der Waals surface area (Å²) in [6.07, 6.45) is 0. The Morgan fingerprint density at radius 3 is 2.79 bits per heavy atom. The molecular formula is C21H23ClN4O3. The number of nitrogens with zero attached hydrogens (tertiary/aromatic N) is 2. The predicted molar refractivity (Wildman–Crippen MR) is 115 cm³/mol. The number of aromatic amines is 1. The van der Waals surface area contributed by atoms with E-state index < -0.39 is 0 Å². The van der Waals surface area contributed by atoms with Gasteiger partial charge in [0.05, 0.1) is 36.3 Å². The van der Waals surface area contributed by atoms with E-state index in [0.717, 1.165) is 0 Å². The van der Waals surface area contributed by atoms with Gasteiger partial charge in [-0.25, -0.2) is 4.98 Å². The van der Waals surface area contributed by atoms with Crippen LogP contribution in [0.2, 0.25) is 5.02 Å². The van der Waals surface area contributed by atoms with Crippen molar-refractivity contribution in [2.24, 2.45) is 0 Å².